The molecule has 158 valence electrons. The first kappa shape index (κ1) is 20.4. The van der Waals surface area contributed by atoms with Crippen molar-refractivity contribution in [2.75, 3.05) is 43.4 Å². The summed E-state index contributed by atoms with van der Waals surface area (Å²) in [6, 6.07) is 16.0. The number of aromatic nitrogens is 2. The maximum atomic E-state index is 12.9. The number of carbonyl (C=O) groups excluding carboxylic acids is 1. The molecule has 2 heterocycles. The summed E-state index contributed by atoms with van der Waals surface area (Å²) < 4.78 is 2.00. The number of nitrogens with zero attached hydrogens (tertiary/aromatic N) is 4. The molecule has 4 rings (SSSR count). The van der Waals surface area contributed by atoms with Crippen molar-refractivity contribution < 1.29 is 4.79 Å². The average Bonchev–Trinajstić information content (AvgIpc) is 3.10. The number of fused-ring (bicyclic) bond motifs is 1. The Morgan fingerprint density at radius 3 is 2.43 bits per heavy atom. The highest BCUT2D eigenvalue weighted by Crippen LogP contribution is 2.24. The van der Waals surface area contributed by atoms with Crippen molar-refractivity contribution in [3.63, 3.8) is 0 Å². The maximum Gasteiger partial charge on any atom is 0.256 e. The number of aryl methyl sites for hydroxylation is 1. The number of nitrogens with one attached hydrogen (secondary N) is 1. The molecule has 30 heavy (non-hydrogen) atoms. The minimum atomic E-state index is -0.126. The first-order chi connectivity index (χ1) is 14.5. The Labute approximate surface area is 178 Å². The van der Waals surface area contributed by atoms with Crippen LogP contribution in [0.3, 0.4) is 0 Å². The summed E-state index contributed by atoms with van der Waals surface area (Å²) >= 11 is 0. The Morgan fingerprint density at radius 1 is 1.03 bits per heavy atom. The highest BCUT2D eigenvalue weighted by atomic mass is 16.1. The Kier molecular flexibility index (Phi) is 6.04. The minimum Gasteiger partial charge on any atom is -0.369 e. The van der Waals surface area contributed by atoms with Gasteiger partial charge in [-0.2, -0.15) is 5.10 Å². The topological polar surface area (TPSA) is 53.4 Å². The molecule has 1 amide bonds. The number of amides is 1. The molecular weight excluding hydrogens is 374 g/mol. The zero-order valence-electron chi connectivity index (χ0n) is 18.1. The lowest BCUT2D eigenvalue weighted by Gasteiger charge is -2.34. The fourth-order valence-electron chi connectivity index (χ4n) is 3.84. The van der Waals surface area contributed by atoms with E-state index in [0.29, 0.717) is 17.3 Å². The van der Waals surface area contributed by atoms with Crippen LogP contribution in [0.4, 0.5) is 11.5 Å². The van der Waals surface area contributed by atoms with E-state index in [2.05, 4.69) is 42.1 Å². The monoisotopic (exact) mass is 405 g/mol. The summed E-state index contributed by atoms with van der Waals surface area (Å²) in [5, 5.41) is 8.70. The van der Waals surface area contributed by atoms with Gasteiger partial charge in [0.15, 0.2) is 5.82 Å². The van der Waals surface area contributed by atoms with Gasteiger partial charge in [-0.25, -0.2) is 0 Å². The van der Waals surface area contributed by atoms with Crippen LogP contribution in [-0.2, 0) is 6.54 Å². The highest BCUT2D eigenvalue weighted by Gasteiger charge is 2.16. The third-order valence-electron chi connectivity index (χ3n) is 5.81. The first-order valence-electron chi connectivity index (χ1n) is 10.8. The fraction of sp³-hybridized carbons (Fsp3) is 0.417. The van der Waals surface area contributed by atoms with Gasteiger partial charge in [-0.3, -0.25) is 9.48 Å². The largest absolute Gasteiger partial charge is 0.369 e. The Hall–Kier alpha value is -2.86. The van der Waals surface area contributed by atoms with Gasteiger partial charge in [-0.1, -0.05) is 26.0 Å². The molecule has 1 fully saturated rings. The summed E-state index contributed by atoms with van der Waals surface area (Å²) in [4.78, 5) is 17.6. The van der Waals surface area contributed by atoms with Crippen LogP contribution in [0.15, 0.2) is 48.5 Å². The van der Waals surface area contributed by atoms with Crippen molar-refractivity contribution in [1.82, 2.24) is 14.7 Å². The normalized spacial score (nSPS) is 15.1. The molecule has 1 aliphatic heterocycles. The number of piperazine rings is 1. The molecule has 1 aromatic heterocycles. The molecule has 0 radical (unpaired) electrons. The number of hydrogen-bond donors (Lipinski definition) is 1. The van der Waals surface area contributed by atoms with Crippen LogP contribution < -0.4 is 10.2 Å². The molecule has 3 aromatic rings. The molecule has 1 N–H and O–H groups in total. The third kappa shape index (κ3) is 4.49. The van der Waals surface area contributed by atoms with Crippen molar-refractivity contribution in [3.8, 4) is 0 Å². The van der Waals surface area contributed by atoms with E-state index in [-0.39, 0.29) is 5.91 Å². The van der Waals surface area contributed by atoms with Crippen LogP contribution in [0.2, 0.25) is 0 Å². The number of para-hydroxylation sites is 1. The Balaban J connectivity index is 1.49. The van der Waals surface area contributed by atoms with Crippen LogP contribution in [0.25, 0.3) is 10.9 Å². The summed E-state index contributed by atoms with van der Waals surface area (Å²) in [6.07, 6.45) is 1.05. The molecule has 0 spiro atoms. The highest BCUT2D eigenvalue weighted by molar-refractivity contribution is 6.08. The number of likely N-dealkylation sites (N-methyl/N-ethyl adjacent to an activating group) is 1. The zero-order valence-corrected chi connectivity index (χ0v) is 18.1. The molecule has 0 atom stereocenters. The molecule has 6 nitrogen and oxygen atoms in total. The van der Waals surface area contributed by atoms with Gasteiger partial charge in [0.2, 0.25) is 0 Å². The van der Waals surface area contributed by atoms with Gasteiger partial charge in [0.25, 0.3) is 5.91 Å². The second-order valence-electron chi connectivity index (χ2n) is 8.56. The van der Waals surface area contributed by atoms with Gasteiger partial charge in [0.05, 0.1) is 5.52 Å². The third-order valence-corrected chi connectivity index (χ3v) is 5.81. The number of rotatable bonds is 6. The molecule has 1 saturated heterocycles. The second-order valence-corrected chi connectivity index (χ2v) is 8.56. The first-order valence-corrected chi connectivity index (χ1v) is 10.8. The molecule has 0 bridgehead atoms. The lowest BCUT2D eigenvalue weighted by atomic mass is 10.1. The lowest BCUT2D eigenvalue weighted by Crippen LogP contribution is -2.44. The molecule has 6 heteroatoms. The van der Waals surface area contributed by atoms with Crippen molar-refractivity contribution >= 4 is 28.3 Å². The van der Waals surface area contributed by atoms with E-state index < -0.39 is 0 Å². The van der Waals surface area contributed by atoms with Gasteiger partial charge in [0, 0.05) is 49.4 Å². The van der Waals surface area contributed by atoms with Crippen LogP contribution in [0.1, 0.15) is 30.6 Å². The van der Waals surface area contributed by atoms with Gasteiger partial charge in [-0.15, -0.1) is 0 Å². The second kappa shape index (κ2) is 8.88. The van der Waals surface area contributed by atoms with Gasteiger partial charge >= 0.3 is 0 Å². The molecule has 1 aliphatic rings. The van der Waals surface area contributed by atoms with Gasteiger partial charge in [0.1, 0.15) is 0 Å². The zero-order chi connectivity index (χ0) is 21.1. The summed E-state index contributed by atoms with van der Waals surface area (Å²) in [7, 11) is 2.15. The number of benzene rings is 2. The van der Waals surface area contributed by atoms with E-state index in [4.69, 9.17) is 5.10 Å². The number of anilines is 2. The average molecular weight is 406 g/mol. The van der Waals surface area contributed by atoms with E-state index in [0.717, 1.165) is 50.0 Å². The van der Waals surface area contributed by atoms with Gasteiger partial charge in [-0.05, 0) is 55.8 Å². The standard InChI is InChI=1S/C24H31N5O/c1-18(2)12-13-29-22-7-5-4-6-21(22)23(26-29)25-24(30)19-8-10-20(11-9-19)28-16-14-27(3)15-17-28/h4-11,18H,12-17H2,1-3H3,(H,25,26,30). The number of carbonyl (C=O) groups is 1. The van der Waals surface area contributed by atoms with Crippen LogP contribution in [-0.4, -0.2) is 53.8 Å². The van der Waals surface area contributed by atoms with Crippen molar-refractivity contribution in [2.45, 2.75) is 26.8 Å². The molecular formula is C24H31N5O. The lowest BCUT2D eigenvalue weighted by molar-refractivity contribution is 0.102. The Morgan fingerprint density at radius 2 is 1.73 bits per heavy atom. The summed E-state index contributed by atoms with van der Waals surface area (Å²) in [6.45, 7) is 9.42. The van der Waals surface area contributed by atoms with E-state index in [1.54, 1.807) is 0 Å². The van der Waals surface area contributed by atoms with Crippen molar-refractivity contribution in [1.29, 1.82) is 0 Å². The molecule has 2 aromatic carbocycles. The minimum absolute atomic E-state index is 0.126. The predicted molar refractivity (Wildman–Crippen MR) is 123 cm³/mol. The Bertz CT molecular complexity index is 1000. The molecule has 0 unspecified atom stereocenters. The van der Waals surface area contributed by atoms with Crippen LogP contribution in [0.5, 0.6) is 0 Å². The van der Waals surface area contributed by atoms with Crippen LogP contribution >= 0.6 is 0 Å². The predicted octanol–water partition coefficient (Wildman–Crippen LogP) is 4.09. The smallest absolute Gasteiger partial charge is 0.256 e. The van der Waals surface area contributed by atoms with Crippen LogP contribution in [0, 0.1) is 5.92 Å². The van der Waals surface area contributed by atoms with Crippen molar-refractivity contribution in [3.05, 3.63) is 54.1 Å². The summed E-state index contributed by atoms with van der Waals surface area (Å²) in [5.41, 5.74) is 2.87. The molecule has 0 aliphatic carbocycles. The number of hydrogen-bond acceptors (Lipinski definition) is 4. The summed E-state index contributed by atoms with van der Waals surface area (Å²) in [5.74, 6) is 1.10. The fourth-order valence-corrected chi connectivity index (χ4v) is 3.84. The SMILES string of the molecule is CC(C)CCn1nc(NC(=O)c2ccc(N3CCN(C)CC3)cc2)c2ccccc21. The quantitative estimate of drug-likeness (QED) is 0.671. The maximum absolute atomic E-state index is 12.9. The van der Waals surface area contributed by atoms with E-state index in [1.165, 1.54) is 5.69 Å². The van der Waals surface area contributed by atoms with Crippen molar-refractivity contribution in [2.24, 2.45) is 5.92 Å². The van der Waals surface area contributed by atoms with E-state index >= 15 is 0 Å². The van der Waals surface area contributed by atoms with E-state index in [1.807, 2.05) is 47.1 Å². The molecule has 0 saturated carbocycles. The van der Waals surface area contributed by atoms with E-state index in [9.17, 15) is 4.79 Å². The van der Waals surface area contributed by atoms with Gasteiger partial charge < -0.3 is 15.1 Å².